The molecule has 0 heterocycles. The molecule has 0 fully saturated rings. The number of aliphatic hydroxyl groups excluding tert-OH is 1. The maximum Gasteiger partial charge on any atom is 0.0914 e. The molecule has 0 aliphatic rings. The summed E-state index contributed by atoms with van der Waals surface area (Å²) in [5, 5.41) is 13.4. The summed E-state index contributed by atoms with van der Waals surface area (Å²) < 4.78 is 0. The van der Waals surface area contributed by atoms with Gasteiger partial charge >= 0.3 is 0 Å². The zero-order valence-corrected chi connectivity index (χ0v) is 12.9. The molecule has 0 bridgehead atoms. The van der Waals surface area contributed by atoms with Crippen molar-refractivity contribution in [1.82, 2.24) is 10.2 Å². The van der Waals surface area contributed by atoms with E-state index in [1.807, 2.05) is 12.1 Å². The van der Waals surface area contributed by atoms with Crippen LogP contribution in [0, 0.1) is 0 Å². The lowest BCUT2D eigenvalue weighted by Gasteiger charge is -2.21. The van der Waals surface area contributed by atoms with Crippen LogP contribution >= 0.6 is 0 Å². The Bertz CT molecular complexity index is 360. The molecule has 0 saturated carbocycles. The van der Waals surface area contributed by atoms with E-state index in [1.165, 1.54) is 5.56 Å². The van der Waals surface area contributed by atoms with E-state index in [-0.39, 0.29) is 0 Å². The maximum atomic E-state index is 10.1. The van der Waals surface area contributed by atoms with E-state index in [0.717, 1.165) is 12.1 Å². The number of benzene rings is 1. The van der Waals surface area contributed by atoms with Gasteiger partial charge in [0.1, 0.15) is 0 Å². The summed E-state index contributed by atoms with van der Waals surface area (Å²) in [6.45, 7) is 8.00. The summed E-state index contributed by atoms with van der Waals surface area (Å²) in [6.07, 6.45) is -0.435. The molecule has 0 aromatic heterocycles. The Labute approximate surface area is 117 Å². The van der Waals surface area contributed by atoms with E-state index >= 15 is 0 Å². The van der Waals surface area contributed by atoms with Gasteiger partial charge in [-0.05, 0) is 38.1 Å². The predicted molar refractivity (Wildman–Crippen MR) is 81.5 cm³/mol. The summed E-state index contributed by atoms with van der Waals surface area (Å²) in [5.41, 5.74) is 2.29. The van der Waals surface area contributed by atoms with Crippen LogP contribution in [0.2, 0.25) is 0 Å². The average molecular weight is 264 g/mol. The van der Waals surface area contributed by atoms with Crippen LogP contribution in [0.3, 0.4) is 0 Å². The molecule has 0 aliphatic heterocycles. The van der Waals surface area contributed by atoms with Gasteiger partial charge in [0.15, 0.2) is 0 Å². The largest absolute Gasteiger partial charge is 0.387 e. The van der Waals surface area contributed by atoms with Gasteiger partial charge in [0, 0.05) is 19.1 Å². The molecule has 3 nitrogen and oxygen atoms in total. The molecule has 1 aromatic carbocycles. The molecule has 108 valence electrons. The first-order valence-electron chi connectivity index (χ1n) is 7.07. The Morgan fingerprint density at radius 1 is 1.00 bits per heavy atom. The molecular formula is C16H28N2O. The van der Waals surface area contributed by atoms with Gasteiger partial charge in [-0.15, -0.1) is 0 Å². The number of nitrogens with one attached hydrogen (secondary N) is 1. The molecule has 0 amide bonds. The molecule has 3 heteroatoms. The highest BCUT2D eigenvalue weighted by Gasteiger charge is 2.09. The molecule has 2 atom stereocenters. The van der Waals surface area contributed by atoms with Crippen LogP contribution in [-0.2, 0) is 0 Å². The van der Waals surface area contributed by atoms with Crippen molar-refractivity contribution in [3.8, 4) is 0 Å². The first-order chi connectivity index (χ1) is 8.91. The predicted octanol–water partition coefficient (Wildman–Crippen LogP) is 2.38. The first kappa shape index (κ1) is 16.2. The topological polar surface area (TPSA) is 35.5 Å². The lowest BCUT2D eigenvalue weighted by molar-refractivity contribution is 0.170. The van der Waals surface area contributed by atoms with Gasteiger partial charge in [0.25, 0.3) is 0 Å². The summed E-state index contributed by atoms with van der Waals surface area (Å²) in [5.74, 6) is 0.533. The van der Waals surface area contributed by atoms with Crippen molar-refractivity contribution in [1.29, 1.82) is 0 Å². The Morgan fingerprint density at radius 3 is 2.00 bits per heavy atom. The zero-order chi connectivity index (χ0) is 14.4. The highest BCUT2D eigenvalue weighted by atomic mass is 16.3. The van der Waals surface area contributed by atoms with Gasteiger partial charge < -0.3 is 15.3 Å². The van der Waals surface area contributed by atoms with Crippen LogP contribution in [0.1, 0.15) is 43.9 Å². The van der Waals surface area contributed by atoms with Crippen molar-refractivity contribution in [2.24, 2.45) is 0 Å². The van der Waals surface area contributed by atoms with Crippen molar-refractivity contribution in [2.45, 2.75) is 38.8 Å². The molecule has 1 rings (SSSR count). The fourth-order valence-electron chi connectivity index (χ4n) is 1.83. The number of nitrogens with zero attached hydrogens (tertiary/aromatic N) is 1. The number of likely N-dealkylation sites (N-methyl/N-ethyl adjacent to an activating group) is 1. The van der Waals surface area contributed by atoms with Crippen LogP contribution in [-0.4, -0.2) is 43.2 Å². The minimum absolute atomic E-state index is 0.435. The minimum Gasteiger partial charge on any atom is -0.387 e. The third-order valence-corrected chi connectivity index (χ3v) is 3.65. The van der Waals surface area contributed by atoms with E-state index in [1.54, 1.807) is 0 Å². The van der Waals surface area contributed by atoms with Crippen LogP contribution < -0.4 is 5.32 Å². The molecule has 0 saturated heterocycles. The fraction of sp³-hybridized carbons (Fsp3) is 0.625. The SMILES string of the molecule is CC(C)c1ccc(C(O)CNCC(C)N(C)C)cc1. The van der Waals surface area contributed by atoms with Crippen LogP contribution in [0.4, 0.5) is 0 Å². The molecular weight excluding hydrogens is 236 g/mol. The van der Waals surface area contributed by atoms with Crippen LogP contribution in [0.15, 0.2) is 24.3 Å². The number of aliphatic hydroxyl groups is 1. The molecule has 1 aromatic rings. The van der Waals surface area contributed by atoms with Crippen molar-refractivity contribution in [3.63, 3.8) is 0 Å². The summed E-state index contributed by atoms with van der Waals surface area (Å²) in [6, 6.07) is 8.72. The Kier molecular flexibility index (Phi) is 6.49. The first-order valence-corrected chi connectivity index (χ1v) is 7.07. The van der Waals surface area contributed by atoms with Gasteiger partial charge in [0.05, 0.1) is 6.10 Å². The summed E-state index contributed by atoms with van der Waals surface area (Å²) in [7, 11) is 4.13. The molecule has 2 N–H and O–H groups in total. The lowest BCUT2D eigenvalue weighted by atomic mass is 10.00. The lowest BCUT2D eigenvalue weighted by Crippen LogP contribution is -2.37. The van der Waals surface area contributed by atoms with Gasteiger partial charge in [-0.25, -0.2) is 0 Å². The van der Waals surface area contributed by atoms with Gasteiger partial charge in [-0.2, -0.15) is 0 Å². The zero-order valence-electron chi connectivity index (χ0n) is 12.9. The number of rotatable bonds is 7. The van der Waals surface area contributed by atoms with Gasteiger partial charge in [0.2, 0.25) is 0 Å². The van der Waals surface area contributed by atoms with E-state index in [4.69, 9.17) is 0 Å². The molecule has 2 unspecified atom stereocenters. The normalized spacial score (nSPS) is 14.9. The molecule has 0 radical (unpaired) electrons. The third-order valence-electron chi connectivity index (χ3n) is 3.65. The monoisotopic (exact) mass is 264 g/mol. The second-order valence-electron chi connectivity index (χ2n) is 5.81. The second kappa shape index (κ2) is 7.63. The molecule has 0 spiro atoms. The number of hydrogen-bond acceptors (Lipinski definition) is 3. The van der Waals surface area contributed by atoms with Crippen molar-refractivity contribution < 1.29 is 5.11 Å². The van der Waals surface area contributed by atoms with Crippen molar-refractivity contribution >= 4 is 0 Å². The standard InChI is InChI=1S/C16H28N2O/c1-12(2)14-6-8-15(9-7-14)16(19)11-17-10-13(3)18(4)5/h6-9,12-13,16-17,19H,10-11H2,1-5H3. The maximum absolute atomic E-state index is 10.1. The molecule has 19 heavy (non-hydrogen) atoms. The smallest absolute Gasteiger partial charge is 0.0914 e. The summed E-state index contributed by atoms with van der Waals surface area (Å²) >= 11 is 0. The second-order valence-corrected chi connectivity index (χ2v) is 5.81. The van der Waals surface area contributed by atoms with Gasteiger partial charge in [-0.3, -0.25) is 0 Å². The van der Waals surface area contributed by atoms with E-state index in [9.17, 15) is 5.11 Å². The summed E-state index contributed by atoms with van der Waals surface area (Å²) in [4.78, 5) is 2.16. The van der Waals surface area contributed by atoms with E-state index in [2.05, 4.69) is 57.2 Å². The third kappa shape index (κ3) is 5.31. The average Bonchev–Trinajstić information content (AvgIpc) is 2.38. The Morgan fingerprint density at radius 2 is 1.53 bits per heavy atom. The van der Waals surface area contributed by atoms with E-state index < -0.39 is 6.10 Å². The fourth-order valence-corrected chi connectivity index (χ4v) is 1.83. The quantitative estimate of drug-likeness (QED) is 0.794. The number of hydrogen-bond donors (Lipinski definition) is 2. The van der Waals surface area contributed by atoms with Gasteiger partial charge in [-0.1, -0.05) is 38.1 Å². The highest BCUT2D eigenvalue weighted by Crippen LogP contribution is 2.18. The Hall–Kier alpha value is -0.900. The van der Waals surface area contributed by atoms with Crippen LogP contribution in [0.5, 0.6) is 0 Å². The van der Waals surface area contributed by atoms with Crippen molar-refractivity contribution in [3.05, 3.63) is 35.4 Å². The molecule has 0 aliphatic carbocycles. The Balaban J connectivity index is 2.43. The minimum atomic E-state index is -0.435. The van der Waals surface area contributed by atoms with Crippen LogP contribution in [0.25, 0.3) is 0 Å². The highest BCUT2D eigenvalue weighted by molar-refractivity contribution is 5.26. The van der Waals surface area contributed by atoms with E-state index in [0.29, 0.717) is 18.5 Å². The van der Waals surface area contributed by atoms with Crippen molar-refractivity contribution in [2.75, 3.05) is 27.2 Å².